The molecule has 1 aromatic rings. The fourth-order valence-electron chi connectivity index (χ4n) is 4.02. The van der Waals surface area contributed by atoms with Gasteiger partial charge in [0.25, 0.3) is 0 Å². The second-order valence-electron chi connectivity index (χ2n) is 7.81. The van der Waals surface area contributed by atoms with E-state index in [2.05, 4.69) is 58.7 Å². The SMILES string of the molecule is Cc1c(C)c(C)c([C@@H](CCC(C)C)N2CCNCC2)c(C)c1C. The van der Waals surface area contributed by atoms with Crippen molar-refractivity contribution in [1.82, 2.24) is 10.2 Å². The van der Waals surface area contributed by atoms with Gasteiger partial charge in [-0.3, -0.25) is 4.90 Å². The number of benzene rings is 1. The Kier molecular flexibility index (Phi) is 6.27. The van der Waals surface area contributed by atoms with E-state index in [0.29, 0.717) is 6.04 Å². The van der Waals surface area contributed by atoms with Gasteiger partial charge in [-0.2, -0.15) is 0 Å². The molecule has 1 aliphatic rings. The van der Waals surface area contributed by atoms with Gasteiger partial charge < -0.3 is 5.32 Å². The number of nitrogens with one attached hydrogen (secondary N) is 1. The summed E-state index contributed by atoms with van der Waals surface area (Å²) in [6.07, 6.45) is 2.58. The summed E-state index contributed by atoms with van der Waals surface area (Å²) >= 11 is 0. The van der Waals surface area contributed by atoms with Gasteiger partial charge in [0.1, 0.15) is 0 Å². The quantitative estimate of drug-likeness (QED) is 0.853. The van der Waals surface area contributed by atoms with E-state index in [0.717, 1.165) is 19.0 Å². The van der Waals surface area contributed by atoms with Crippen molar-refractivity contribution in [2.45, 2.75) is 67.3 Å². The lowest BCUT2D eigenvalue weighted by molar-refractivity contribution is 0.158. The number of hydrogen-bond donors (Lipinski definition) is 1. The summed E-state index contributed by atoms with van der Waals surface area (Å²) in [6.45, 7) is 20.9. The second kappa shape index (κ2) is 7.81. The Balaban J connectivity index is 2.45. The molecule has 1 atom stereocenters. The monoisotopic (exact) mass is 316 g/mol. The maximum Gasteiger partial charge on any atom is 0.0354 e. The molecule has 2 rings (SSSR count). The highest BCUT2D eigenvalue weighted by Gasteiger charge is 2.26. The average molecular weight is 317 g/mol. The molecule has 0 radical (unpaired) electrons. The summed E-state index contributed by atoms with van der Waals surface area (Å²) in [7, 11) is 0. The molecule has 0 unspecified atom stereocenters. The Bertz CT molecular complexity index is 510. The Morgan fingerprint density at radius 1 is 0.783 bits per heavy atom. The van der Waals surface area contributed by atoms with Gasteiger partial charge in [0.2, 0.25) is 0 Å². The van der Waals surface area contributed by atoms with Crippen LogP contribution < -0.4 is 5.32 Å². The van der Waals surface area contributed by atoms with Crippen molar-refractivity contribution in [2.24, 2.45) is 5.92 Å². The van der Waals surface area contributed by atoms with Crippen molar-refractivity contribution in [1.29, 1.82) is 0 Å². The fourth-order valence-corrected chi connectivity index (χ4v) is 4.02. The zero-order valence-electron chi connectivity index (χ0n) is 16.3. The van der Waals surface area contributed by atoms with Crippen LogP contribution in [0.5, 0.6) is 0 Å². The Hall–Kier alpha value is -0.860. The van der Waals surface area contributed by atoms with Gasteiger partial charge in [0.15, 0.2) is 0 Å². The van der Waals surface area contributed by atoms with E-state index in [9.17, 15) is 0 Å². The standard InChI is InChI=1S/C21H36N2/c1-14(2)8-9-20(23-12-10-22-11-13-23)21-18(6)16(4)15(3)17(5)19(21)7/h14,20,22H,8-13H2,1-7H3/t20-/m1/s1. The molecule has 23 heavy (non-hydrogen) atoms. The summed E-state index contributed by atoms with van der Waals surface area (Å²) in [5.74, 6) is 0.772. The van der Waals surface area contributed by atoms with E-state index < -0.39 is 0 Å². The van der Waals surface area contributed by atoms with Crippen LogP contribution in [0.3, 0.4) is 0 Å². The third kappa shape index (κ3) is 3.97. The van der Waals surface area contributed by atoms with Crippen LogP contribution in [0.15, 0.2) is 0 Å². The van der Waals surface area contributed by atoms with Gasteiger partial charge in [0, 0.05) is 32.2 Å². The van der Waals surface area contributed by atoms with E-state index in [4.69, 9.17) is 0 Å². The molecule has 0 saturated carbocycles. The number of hydrogen-bond acceptors (Lipinski definition) is 2. The van der Waals surface area contributed by atoms with Crippen LogP contribution in [0.2, 0.25) is 0 Å². The summed E-state index contributed by atoms with van der Waals surface area (Å²) in [4.78, 5) is 2.72. The summed E-state index contributed by atoms with van der Waals surface area (Å²) in [6, 6.07) is 0.581. The molecule has 2 nitrogen and oxygen atoms in total. The summed E-state index contributed by atoms with van der Waals surface area (Å²) < 4.78 is 0. The maximum absolute atomic E-state index is 3.51. The predicted molar refractivity (Wildman–Crippen MR) is 101 cm³/mol. The van der Waals surface area contributed by atoms with Gasteiger partial charge in [0.05, 0.1) is 0 Å². The summed E-state index contributed by atoms with van der Waals surface area (Å²) in [5.41, 5.74) is 9.14. The Morgan fingerprint density at radius 3 is 1.74 bits per heavy atom. The first-order chi connectivity index (χ1) is 10.8. The molecule has 1 N–H and O–H groups in total. The first kappa shape index (κ1) is 18.5. The van der Waals surface area contributed by atoms with E-state index in [1.165, 1.54) is 53.7 Å². The molecule has 1 saturated heterocycles. The highest BCUT2D eigenvalue weighted by Crippen LogP contribution is 2.36. The molecule has 0 aromatic heterocycles. The smallest absolute Gasteiger partial charge is 0.0354 e. The third-order valence-corrected chi connectivity index (χ3v) is 6.00. The zero-order chi connectivity index (χ0) is 17.1. The van der Waals surface area contributed by atoms with Gasteiger partial charge in [-0.15, -0.1) is 0 Å². The van der Waals surface area contributed by atoms with Crippen LogP contribution in [0.25, 0.3) is 0 Å². The largest absolute Gasteiger partial charge is 0.314 e. The minimum Gasteiger partial charge on any atom is -0.314 e. The molecular weight excluding hydrogens is 280 g/mol. The van der Waals surface area contributed by atoms with Crippen LogP contribution in [0, 0.1) is 40.5 Å². The molecule has 1 fully saturated rings. The first-order valence-corrected chi connectivity index (χ1v) is 9.36. The lowest BCUT2D eigenvalue weighted by Gasteiger charge is -2.38. The fraction of sp³-hybridized carbons (Fsp3) is 0.714. The van der Waals surface area contributed by atoms with E-state index in [-0.39, 0.29) is 0 Å². The topological polar surface area (TPSA) is 15.3 Å². The first-order valence-electron chi connectivity index (χ1n) is 9.36. The van der Waals surface area contributed by atoms with Gasteiger partial charge in [-0.1, -0.05) is 13.8 Å². The molecule has 0 spiro atoms. The van der Waals surface area contributed by atoms with Crippen molar-refractivity contribution in [3.05, 3.63) is 33.4 Å². The minimum atomic E-state index is 0.581. The van der Waals surface area contributed by atoms with Gasteiger partial charge in [-0.05, 0) is 86.8 Å². The highest BCUT2D eigenvalue weighted by molar-refractivity contribution is 5.50. The van der Waals surface area contributed by atoms with E-state index in [1.54, 1.807) is 5.56 Å². The third-order valence-electron chi connectivity index (χ3n) is 6.00. The van der Waals surface area contributed by atoms with E-state index in [1.807, 2.05) is 0 Å². The second-order valence-corrected chi connectivity index (χ2v) is 7.81. The molecule has 0 aliphatic carbocycles. The van der Waals surface area contributed by atoms with Crippen molar-refractivity contribution < 1.29 is 0 Å². The average Bonchev–Trinajstić information content (AvgIpc) is 2.54. The molecule has 1 heterocycles. The van der Waals surface area contributed by atoms with Gasteiger partial charge in [-0.25, -0.2) is 0 Å². The Labute approximate surface area is 143 Å². The van der Waals surface area contributed by atoms with Gasteiger partial charge >= 0.3 is 0 Å². The number of piperazine rings is 1. The van der Waals surface area contributed by atoms with Crippen LogP contribution in [-0.2, 0) is 0 Å². The zero-order valence-corrected chi connectivity index (χ0v) is 16.3. The molecule has 2 heteroatoms. The van der Waals surface area contributed by atoms with Crippen molar-refractivity contribution >= 4 is 0 Å². The van der Waals surface area contributed by atoms with Crippen molar-refractivity contribution in [3.8, 4) is 0 Å². The number of rotatable bonds is 5. The molecule has 1 aliphatic heterocycles. The molecule has 0 amide bonds. The molecule has 0 bridgehead atoms. The normalized spacial score (nSPS) is 17.7. The Morgan fingerprint density at radius 2 is 1.26 bits per heavy atom. The molecule has 130 valence electrons. The minimum absolute atomic E-state index is 0.581. The predicted octanol–water partition coefficient (Wildman–Crippen LogP) is 4.61. The maximum atomic E-state index is 3.51. The van der Waals surface area contributed by atoms with E-state index >= 15 is 0 Å². The lowest BCUT2D eigenvalue weighted by atomic mass is 9.83. The molecular formula is C21H36N2. The van der Waals surface area contributed by atoms with Crippen LogP contribution in [-0.4, -0.2) is 31.1 Å². The number of nitrogens with zero attached hydrogens (tertiary/aromatic N) is 1. The summed E-state index contributed by atoms with van der Waals surface area (Å²) in [5, 5.41) is 3.51. The molecule has 1 aromatic carbocycles. The van der Waals surface area contributed by atoms with Crippen LogP contribution in [0.1, 0.15) is 66.1 Å². The van der Waals surface area contributed by atoms with Crippen LogP contribution >= 0.6 is 0 Å². The highest BCUT2D eigenvalue weighted by atomic mass is 15.2. The van der Waals surface area contributed by atoms with Crippen molar-refractivity contribution in [3.63, 3.8) is 0 Å². The lowest BCUT2D eigenvalue weighted by Crippen LogP contribution is -2.45. The van der Waals surface area contributed by atoms with Crippen LogP contribution in [0.4, 0.5) is 0 Å². The van der Waals surface area contributed by atoms with Crippen molar-refractivity contribution in [2.75, 3.05) is 26.2 Å².